The van der Waals surface area contributed by atoms with Crippen molar-refractivity contribution in [2.45, 2.75) is 33.0 Å². The Morgan fingerprint density at radius 2 is 2.16 bits per heavy atom. The minimum absolute atomic E-state index is 0.384. The number of hydrogen-bond donors (Lipinski definition) is 1. The summed E-state index contributed by atoms with van der Waals surface area (Å²) in [5.41, 5.74) is -0.482. The van der Waals surface area contributed by atoms with Crippen molar-refractivity contribution in [3.8, 4) is 0 Å². The first-order chi connectivity index (χ1) is 8.90. The van der Waals surface area contributed by atoms with Crippen molar-refractivity contribution >= 4 is 12.2 Å². The van der Waals surface area contributed by atoms with Gasteiger partial charge in [-0.3, -0.25) is 0 Å². The molecule has 1 heterocycles. The summed E-state index contributed by atoms with van der Waals surface area (Å²) < 4.78 is 15.5. The van der Waals surface area contributed by atoms with Gasteiger partial charge in [0.2, 0.25) is 0 Å². The van der Waals surface area contributed by atoms with Crippen molar-refractivity contribution in [3.63, 3.8) is 0 Å². The van der Waals surface area contributed by atoms with Gasteiger partial charge in [0.15, 0.2) is 0 Å². The Morgan fingerprint density at radius 3 is 2.79 bits per heavy atom. The second kappa shape index (κ2) is 6.99. The van der Waals surface area contributed by atoms with Crippen molar-refractivity contribution in [1.29, 1.82) is 0 Å². The lowest BCUT2D eigenvalue weighted by atomic mass is 10.2. The maximum atomic E-state index is 11.4. The molecular formula is C14H21NO4. The Hall–Kier alpha value is -1.75. The van der Waals surface area contributed by atoms with E-state index in [1.54, 1.807) is 19.3 Å². The molecule has 0 saturated carbocycles. The van der Waals surface area contributed by atoms with Crippen LogP contribution in [0, 0.1) is 0 Å². The molecule has 19 heavy (non-hydrogen) atoms. The number of hydrogen-bond acceptors (Lipinski definition) is 4. The van der Waals surface area contributed by atoms with Gasteiger partial charge in [0.1, 0.15) is 23.7 Å². The van der Waals surface area contributed by atoms with E-state index in [9.17, 15) is 4.79 Å². The Bertz CT molecular complexity index is 429. The number of carbonyl (C=O) groups excluding carboxylic acids is 1. The van der Waals surface area contributed by atoms with Crippen molar-refractivity contribution in [2.24, 2.45) is 0 Å². The summed E-state index contributed by atoms with van der Waals surface area (Å²) in [7, 11) is 1.61. The molecule has 0 aromatic carbocycles. The zero-order valence-electron chi connectivity index (χ0n) is 11.9. The van der Waals surface area contributed by atoms with Crippen molar-refractivity contribution in [2.75, 3.05) is 13.7 Å². The van der Waals surface area contributed by atoms with E-state index in [1.165, 1.54) is 0 Å². The van der Waals surface area contributed by atoms with Crippen molar-refractivity contribution in [1.82, 2.24) is 5.32 Å². The fourth-order valence-electron chi connectivity index (χ4n) is 1.34. The molecule has 0 saturated heterocycles. The summed E-state index contributed by atoms with van der Waals surface area (Å²) in [5, 5.41) is 2.63. The highest BCUT2D eigenvalue weighted by molar-refractivity contribution is 5.68. The molecule has 0 bridgehead atoms. The summed E-state index contributed by atoms with van der Waals surface area (Å²) in [4.78, 5) is 11.4. The highest BCUT2D eigenvalue weighted by Gasteiger charge is 2.14. The zero-order chi connectivity index (χ0) is 14.3. The average molecular weight is 267 g/mol. The van der Waals surface area contributed by atoms with Gasteiger partial charge < -0.3 is 19.2 Å². The highest BCUT2D eigenvalue weighted by Crippen LogP contribution is 2.10. The van der Waals surface area contributed by atoms with E-state index in [0.717, 1.165) is 11.5 Å². The normalized spacial score (nSPS) is 11.8. The molecule has 0 fully saturated rings. The van der Waals surface area contributed by atoms with Crippen molar-refractivity contribution in [3.05, 3.63) is 29.7 Å². The third-order valence-electron chi connectivity index (χ3n) is 2.01. The minimum atomic E-state index is -0.482. The molecule has 1 N–H and O–H groups in total. The van der Waals surface area contributed by atoms with Gasteiger partial charge in [-0.1, -0.05) is 6.08 Å². The van der Waals surface area contributed by atoms with Crippen molar-refractivity contribution < 1.29 is 18.7 Å². The number of furan rings is 1. The molecule has 0 unspecified atom stereocenters. The zero-order valence-corrected chi connectivity index (χ0v) is 11.9. The van der Waals surface area contributed by atoms with Crippen LogP contribution in [0.3, 0.4) is 0 Å². The fourth-order valence-corrected chi connectivity index (χ4v) is 1.34. The van der Waals surface area contributed by atoms with Crippen LogP contribution in [-0.2, 0) is 16.1 Å². The van der Waals surface area contributed by atoms with Crippen LogP contribution in [-0.4, -0.2) is 25.3 Å². The molecule has 5 heteroatoms. The molecule has 5 nitrogen and oxygen atoms in total. The van der Waals surface area contributed by atoms with Gasteiger partial charge in [0.25, 0.3) is 0 Å². The maximum absolute atomic E-state index is 11.4. The lowest BCUT2D eigenvalue weighted by molar-refractivity contribution is 0.0534. The van der Waals surface area contributed by atoms with E-state index in [0.29, 0.717) is 13.2 Å². The largest absolute Gasteiger partial charge is 0.459 e. The maximum Gasteiger partial charge on any atom is 0.407 e. The topological polar surface area (TPSA) is 60.7 Å². The van der Waals surface area contributed by atoms with Gasteiger partial charge >= 0.3 is 6.09 Å². The number of nitrogens with one attached hydrogen (secondary N) is 1. The van der Waals surface area contributed by atoms with Gasteiger partial charge in [-0.2, -0.15) is 0 Å². The minimum Gasteiger partial charge on any atom is -0.459 e. The number of ether oxygens (including phenoxy) is 2. The molecule has 1 aromatic rings. The Balaban J connectivity index is 2.31. The monoisotopic (exact) mass is 267 g/mol. The molecular weight excluding hydrogens is 246 g/mol. The number of alkyl carbamates (subject to hydrolysis) is 1. The van der Waals surface area contributed by atoms with Crippen LogP contribution in [0.15, 0.2) is 22.6 Å². The Kier molecular flexibility index (Phi) is 5.63. The van der Waals surface area contributed by atoms with E-state index in [4.69, 9.17) is 13.9 Å². The van der Waals surface area contributed by atoms with Crippen LogP contribution in [0.4, 0.5) is 4.79 Å². The van der Waals surface area contributed by atoms with Gasteiger partial charge in [-0.05, 0) is 39.0 Å². The third kappa shape index (κ3) is 6.67. The SMILES string of the molecule is COCc1ccc(C=CCNC(=O)OC(C)(C)C)o1. The number of carbonyl (C=O) groups is 1. The molecule has 0 aliphatic heterocycles. The van der Waals surface area contributed by atoms with E-state index in [2.05, 4.69) is 5.32 Å². The molecule has 0 atom stereocenters. The van der Waals surface area contributed by atoms with E-state index >= 15 is 0 Å². The molecule has 1 rings (SSSR count). The van der Waals surface area contributed by atoms with Gasteiger partial charge in [0, 0.05) is 13.7 Å². The van der Waals surface area contributed by atoms with Gasteiger partial charge in [0.05, 0.1) is 0 Å². The first-order valence-electron chi connectivity index (χ1n) is 6.12. The highest BCUT2D eigenvalue weighted by atomic mass is 16.6. The first-order valence-corrected chi connectivity index (χ1v) is 6.12. The fraction of sp³-hybridized carbons (Fsp3) is 0.500. The first kappa shape index (κ1) is 15.3. The van der Waals surface area contributed by atoms with Gasteiger partial charge in [-0.15, -0.1) is 0 Å². The summed E-state index contributed by atoms with van der Waals surface area (Å²) in [6.07, 6.45) is 3.15. The predicted molar refractivity (Wildman–Crippen MR) is 72.7 cm³/mol. The summed E-state index contributed by atoms with van der Waals surface area (Å²) in [5.74, 6) is 1.49. The molecule has 1 aromatic heterocycles. The van der Waals surface area contributed by atoms with Gasteiger partial charge in [-0.25, -0.2) is 4.79 Å². The average Bonchev–Trinajstić information content (AvgIpc) is 2.70. The predicted octanol–water partition coefficient (Wildman–Crippen LogP) is 2.96. The molecule has 0 aliphatic carbocycles. The van der Waals surface area contributed by atoms with E-state index in [1.807, 2.05) is 32.9 Å². The summed E-state index contributed by atoms with van der Waals surface area (Å²) >= 11 is 0. The van der Waals surface area contributed by atoms with Crippen LogP contribution in [0.25, 0.3) is 6.08 Å². The molecule has 0 radical (unpaired) electrons. The molecule has 106 valence electrons. The molecule has 0 spiro atoms. The lowest BCUT2D eigenvalue weighted by Gasteiger charge is -2.19. The standard InChI is InChI=1S/C14H21NO4/c1-14(2,3)19-13(16)15-9-5-6-11-7-8-12(18-11)10-17-4/h5-8H,9-10H2,1-4H3,(H,15,16). The smallest absolute Gasteiger partial charge is 0.407 e. The lowest BCUT2D eigenvalue weighted by Crippen LogP contribution is -2.32. The van der Waals surface area contributed by atoms with Crippen LogP contribution in [0.2, 0.25) is 0 Å². The number of rotatable bonds is 5. The summed E-state index contributed by atoms with van der Waals surface area (Å²) in [6.45, 7) is 6.30. The van der Waals surface area contributed by atoms with Crippen LogP contribution in [0.1, 0.15) is 32.3 Å². The second-order valence-electron chi connectivity index (χ2n) is 5.02. The van der Waals surface area contributed by atoms with Crippen LogP contribution >= 0.6 is 0 Å². The quantitative estimate of drug-likeness (QED) is 0.891. The molecule has 1 amide bonds. The summed E-state index contributed by atoms with van der Waals surface area (Å²) in [6, 6.07) is 3.70. The number of methoxy groups -OCH3 is 1. The van der Waals surface area contributed by atoms with Crippen LogP contribution in [0.5, 0.6) is 0 Å². The number of amides is 1. The van der Waals surface area contributed by atoms with E-state index in [-0.39, 0.29) is 0 Å². The van der Waals surface area contributed by atoms with Crippen LogP contribution < -0.4 is 5.32 Å². The Labute approximate surface area is 113 Å². The Morgan fingerprint density at radius 1 is 1.42 bits per heavy atom. The second-order valence-corrected chi connectivity index (χ2v) is 5.02. The molecule has 0 aliphatic rings. The van der Waals surface area contributed by atoms with E-state index < -0.39 is 11.7 Å². The third-order valence-corrected chi connectivity index (χ3v) is 2.01.